The fourth-order valence-corrected chi connectivity index (χ4v) is 20.0. The van der Waals surface area contributed by atoms with E-state index in [4.69, 9.17) is 29.2 Å². The molecule has 0 radical (unpaired) electrons. The van der Waals surface area contributed by atoms with E-state index in [1.54, 1.807) is 22.7 Å². The number of hydrogen-bond donors (Lipinski definition) is 0. The van der Waals surface area contributed by atoms with Crippen LogP contribution in [0.2, 0.25) is 0 Å². The highest BCUT2D eigenvalue weighted by molar-refractivity contribution is 9.10. The van der Waals surface area contributed by atoms with Gasteiger partial charge in [-0.3, -0.25) is 0 Å². The van der Waals surface area contributed by atoms with Crippen molar-refractivity contribution in [3.05, 3.63) is 405 Å². The average Bonchev–Trinajstić information content (AvgIpc) is 1.57. The first kappa shape index (κ1) is 75.6. The maximum atomic E-state index is 6.34. The highest BCUT2D eigenvalue weighted by atomic mass is 79.9. The van der Waals surface area contributed by atoms with Gasteiger partial charge in [0, 0.05) is 79.8 Å². The van der Waals surface area contributed by atoms with Crippen LogP contribution in [0.5, 0.6) is 0 Å². The lowest BCUT2D eigenvalue weighted by atomic mass is 9.78. The standard InChI is InChI=1S/C52H33N3S.C34H29BN2O2S.C24H16BrN/c1-4-15-34(16-5-1)36-19-12-21-39(31-36)49-51-50(43-25-10-11-28-47(43)56-51)54-52(53-49)40-22-13-20-38(32-40)42-26-14-27-46-48(42)44-33-37(35-17-6-2-7-18-35)29-30-45(44)55(46)41-23-8-3-9-24-41;1-33(2)34(3,4)39-35(38-33)26-17-11-16-25(21-26)32-36-29(31-30(37-32)27-18-8-9-19-28(27)40-31)24-15-10-14-23(20-24)22-12-6-5-7-13-22;25-21-12-7-13-23-24(21)20-16-18(17-8-3-1-4-9-17)14-15-22(20)26(23)19-10-5-2-6-11-19/h1-33H;5-21H,1-4H3;1-16H. The minimum Gasteiger partial charge on any atom is -0.399 e. The van der Waals surface area contributed by atoms with E-state index in [0.717, 1.165) is 97.2 Å². The van der Waals surface area contributed by atoms with Gasteiger partial charge in [-0.25, -0.2) is 19.9 Å². The first-order valence-corrected chi connectivity index (χ1v) is 43.6. The molecule has 0 amide bonds. The number of aromatic nitrogens is 6. The Kier molecular flexibility index (Phi) is 19.7. The molecule has 0 atom stereocenters. The van der Waals surface area contributed by atoms with E-state index in [-0.39, 0.29) is 0 Å². The first-order valence-electron chi connectivity index (χ1n) is 41.2. The maximum absolute atomic E-state index is 6.34. The molecule has 8 nitrogen and oxygen atoms in total. The second kappa shape index (κ2) is 31.7. The Labute approximate surface area is 724 Å². The van der Waals surface area contributed by atoms with E-state index in [1.165, 1.54) is 97.6 Å². The van der Waals surface area contributed by atoms with Crippen molar-refractivity contribution in [1.82, 2.24) is 29.1 Å². The van der Waals surface area contributed by atoms with Crippen LogP contribution < -0.4 is 5.46 Å². The van der Waals surface area contributed by atoms with Gasteiger partial charge in [-0.2, -0.15) is 0 Å². The van der Waals surface area contributed by atoms with Gasteiger partial charge in [0.2, 0.25) is 0 Å². The normalized spacial score (nSPS) is 13.0. The summed E-state index contributed by atoms with van der Waals surface area (Å²) in [6.07, 6.45) is 0. The Morgan fingerprint density at radius 3 is 1.11 bits per heavy atom. The van der Waals surface area contributed by atoms with E-state index in [1.807, 2.05) is 12.1 Å². The highest BCUT2D eigenvalue weighted by Gasteiger charge is 2.52. The molecule has 0 N–H and O–H groups in total. The molecule has 0 saturated carbocycles. The second-order valence-corrected chi connectivity index (χ2v) is 34.9. The van der Waals surface area contributed by atoms with Crippen LogP contribution in [0, 0.1) is 0 Å². The molecule has 12 heteroatoms. The van der Waals surface area contributed by atoms with Crippen LogP contribution in [0.1, 0.15) is 27.7 Å². The molecule has 7 heterocycles. The summed E-state index contributed by atoms with van der Waals surface area (Å²) in [5.74, 6) is 1.41. The SMILES string of the molecule is Brc1cccc2c1c1cc(-c3ccccc3)ccc1n2-c1ccccc1.CC1(C)OB(c2cccc(-c3nc(-c4cccc(-c5ccccc5)c4)c4sc5ccccc5c4n3)c2)OC1(C)C.c1ccc(-c2cccc(-c3nc(-c4cccc(-c5cccc6c5c5cc(-c7ccccc7)ccc5n6-c5ccccc5)c4)nc4c3sc3ccccc34)c2)cc1. The van der Waals surface area contributed by atoms with Crippen molar-refractivity contribution in [2.75, 3.05) is 0 Å². The predicted octanol–water partition coefficient (Wildman–Crippen LogP) is 29.6. The molecule has 23 rings (SSSR count). The Morgan fingerprint density at radius 2 is 0.631 bits per heavy atom. The smallest absolute Gasteiger partial charge is 0.399 e. The van der Waals surface area contributed by atoms with E-state index in [0.29, 0.717) is 11.6 Å². The first-order chi connectivity index (χ1) is 59.9. The van der Waals surface area contributed by atoms with Crippen LogP contribution >= 0.6 is 38.6 Å². The van der Waals surface area contributed by atoms with E-state index in [2.05, 4.69) is 441 Å². The molecule has 22 aromatic rings. The molecule has 0 unspecified atom stereocenters. The number of benzene rings is 16. The van der Waals surface area contributed by atoms with Crippen molar-refractivity contribution in [2.24, 2.45) is 0 Å². The minimum absolute atomic E-state index is 0.407. The fourth-order valence-electron chi connectivity index (χ4n) is 17.1. The quantitative estimate of drug-likeness (QED) is 0.113. The van der Waals surface area contributed by atoms with Crippen LogP contribution in [0.4, 0.5) is 0 Å². The Morgan fingerprint density at radius 1 is 0.279 bits per heavy atom. The molecule has 0 bridgehead atoms. The number of thiophene rings is 2. The lowest BCUT2D eigenvalue weighted by Crippen LogP contribution is -2.41. The summed E-state index contributed by atoms with van der Waals surface area (Å²) >= 11 is 7.28. The summed E-state index contributed by atoms with van der Waals surface area (Å²) in [6, 6.07) is 142. The number of para-hydroxylation sites is 2. The highest BCUT2D eigenvalue weighted by Crippen LogP contribution is 2.47. The van der Waals surface area contributed by atoms with Crippen LogP contribution in [0.3, 0.4) is 0 Å². The zero-order valence-electron chi connectivity index (χ0n) is 67.4. The van der Waals surface area contributed by atoms with E-state index < -0.39 is 18.3 Å². The Balaban J connectivity index is 0.000000121. The van der Waals surface area contributed by atoms with Crippen molar-refractivity contribution in [3.8, 4) is 112 Å². The third-order valence-electron chi connectivity index (χ3n) is 23.8. The summed E-state index contributed by atoms with van der Waals surface area (Å²) < 4.78 is 23.1. The van der Waals surface area contributed by atoms with Crippen molar-refractivity contribution < 1.29 is 9.31 Å². The summed E-state index contributed by atoms with van der Waals surface area (Å²) in [5.41, 5.74) is 27.0. The number of rotatable bonds is 12. The van der Waals surface area contributed by atoms with Gasteiger partial charge in [-0.05, 0) is 186 Å². The largest absolute Gasteiger partial charge is 0.494 e. The zero-order chi connectivity index (χ0) is 82.0. The van der Waals surface area contributed by atoms with Crippen LogP contribution in [0.15, 0.2) is 405 Å². The predicted molar refractivity (Wildman–Crippen MR) is 517 cm³/mol. The molecule has 0 aliphatic carbocycles. The number of nitrogens with zero attached hydrogens (tertiary/aromatic N) is 6. The van der Waals surface area contributed by atoms with Gasteiger partial charge < -0.3 is 18.4 Å². The van der Waals surface area contributed by atoms with Gasteiger partial charge in [-0.15, -0.1) is 22.7 Å². The maximum Gasteiger partial charge on any atom is 0.494 e. The van der Waals surface area contributed by atoms with Crippen LogP contribution in [-0.2, 0) is 9.31 Å². The fraction of sp³-hybridized carbons (Fsp3) is 0.0545. The molecule has 0 spiro atoms. The van der Waals surface area contributed by atoms with Gasteiger partial charge in [0.1, 0.15) is 0 Å². The lowest BCUT2D eigenvalue weighted by Gasteiger charge is -2.32. The Hall–Kier alpha value is -13.8. The lowest BCUT2D eigenvalue weighted by molar-refractivity contribution is 0.00578. The van der Waals surface area contributed by atoms with Crippen LogP contribution in [0.25, 0.3) is 197 Å². The summed E-state index contributed by atoms with van der Waals surface area (Å²) in [6.45, 7) is 8.30. The van der Waals surface area contributed by atoms with E-state index in [9.17, 15) is 0 Å². The molecule has 16 aromatic carbocycles. The van der Waals surface area contributed by atoms with E-state index >= 15 is 0 Å². The van der Waals surface area contributed by atoms with Crippen molar-refractivity contribution in [1.29, 1.82) is 0 Å². The average molecular weight is 1670 g/mol. The van der Waals surface area contributed by atoms with Crippen molar-refractivity contribution >= 4 is 135 Å². The molecule has 122 heavy (non-hydrogen) atoms. The number of fused-ring (bicyclic) bond motifs is 12. The van der Waals surface area contributed by atoms with Crippen molar-refractivity contribution in [3.63, 3.8) is 0 Å². The van der Waals surface area contributed by atoms with Gasteiger partial charge in [0.05, 0.1) is 65.1 Å². The van der Waals surface area contributed by atoms with Crippen molar-refractivity contribution in [2.45, 2.75) is 38.9 Å². The molecular formula is C110H78BBrN6O2S2. The third-order valence-corrected chi connectivity index (χ3v) is 26.8. The molecule has 1 aliphatic rings. The number of halogens is 1. The molecule has 582 valence electrons. The second-order valence-electron chi connectivity index (χ2n) is 31.9. The monoisotopic (exact) mass is 1670 g/mol. The van der Waals surface area contributed by atoms with Gasteiger partial charge in [-0.1, -0.05) is 319 Å². The summed E-state index contributed by atoms with van der Waals surface area (Å²) in [4.78, 5) is 21.1. The minimum atomic E-state index is -0.447. The summed E-state index contributed by atoms with van der Waals surface area (Å²) in [5, 5.41) is 7.25. The molecular weight excluding hydrogens is 1590 g/mol. The molecule has 1 fully saturated rings. The third kappa shape index (κ3) is 14.0. The molecule has 1 saturated heterocycles. The van der Waals surface area contributed by atoms with Gasteiger partial charge in [0.25, 0.3) is 0 Å². The van der Waals surface area contributed by atoms with Gasteiger partial charge >= 0.3 is 7.12 Å². The Bertz CT molecular complexity index is 7710. The van der Waals surface area contributed by atoms with Gasteiger partial charge in [0.15, 0.2) is 11.6 Å². The molecule has 1 aliphatic heterocycles. The topological polar surface area (TPSA) is 79.9 Å². The zero-order valence-corrected chi connectivity index (χ0v) is 70.6. The van der Waals surface area contributed by atoms with Crippen LogP contribution in [-0.4, -0.2) is 47.4 Å². The number of hydrogen-bond acceptors (Lipinski definition) is 8. The summed E-state index contributed by atoms with van der Waals surface area (Å²) in [7, 11) is -0.447. The molecule has 6 aromatic heterocycles.